The molecule has 1 aliphatic heterocycles. The van der Waals surface area contributed by atoms with E-state index in [1.165, 1.54) is 12.8 Å². The maximum absolute atomic E-state index is 5.68. The van der Waals surface area contributed by atoms with Crippen LogP contribution in [-0.4, -0.2) is 42.3 Å². The van der Waals surface area contributed by atoms with Crippen molar-refractivity contribution >= 4 is 5.95 Å². The van der Waals surface area contributed by atoms with Crippen molar-refractivity contribution in [1.29, 1.82) is 0 Å². The van der Waals surface area contributed by atoms with Crippen molar-refractivity contribution in [3.05, 3.63) is 12.3 Å². The Labute approximate surface area is 128 Å². The summed E-state index contributed by atoms with van der Waals surface area (Å²) in [6, 6.07) is 1.83. The molecule has 1 unspecified atom stereocenters. The second-order valence-electron chi connectivity index (χ2n) is 6.02. The van der Waals surface area contributed by atoms with E-state index < -0.39 is 0 Å². The minimum atomic E-state index is 0.134. The molecule has 2 heterocycles. The Kier molecular flexibility index (Phi) is 6.23. The highest BCUT2D eigenvalue weighted by atomic mass is 16.5. The predicted molar refractivity (Wildman–Crippen MR) is 85.9 cm³/mol. The molecule has 21 heavy (non-hydrogen) atoms. The van der Waals surface area contributed by atoms with Crippen molar-refractivity contribution in [2.24, 2.45) is 5.92 Å². The first kappa shape index (κ1) is 16.0. The van der Waals surface area contributed by atoms with Crippen LogP contribution in [0.25, 0.3) is 0 Å². The minimum Gasteiger partial charge on any atom is -0.475 e. The van der Waals surface area contributed by atoms with E-state index in [4.69, 9.17) is 4.74 Å². The largest absolute Gasteiger partial charge is 0.475 e. The van der Waals surface area contributed by atoms with Crippen LogP contribution in [0.2, 0.25) is 0 Å². The number of ether oxygens (including phenoxy) is 1. The second kappa shape index (κ2) is 8.17. The van der Waals surface area contributed by atoms with Gasteiger partial charge in [-0.1, -0.05) is 6.92 Å². The Morgan fingerprint density at radius 1 is 1.48 bits per heavy atom. The summed E-state index contributed by atoms with van der Waals surface area (Å²) in [4.78, 5) is 11.3. The van der Waals surface area contributed by atoms with Crippen LogP contribution in [0, 0.1) is 5.92 Å². The van der Waals surface area contributed by atoms with Gasteiger partial charge in [-0.25, -0.2) is 4.98 Å². The molecule has 0 radical (unpaired) electrons. The maximum Gasteiger partial charge on any atom is 0.228 e. The van der Waals surface area contributed by atoms with Gasteiger partial charge in [0.25, 0.3) is 0 Å². The molecule has 0 saturated carbocycles. The summed E-state index contributed by atoms with van der Waals surface area (Å²) in [5.74, 6) is 2.14. The van der Waals surface area contributed by atoms with Gasteiger partial charge in [-0.3, -0.25) is 0 Å². The van der Waals surface area contributed by atoms with Crippen molar-refractivity contribution in [1.82, 2.24) is 15.3 Å². The SMILES string of the molecule is CCCN(CC1CCCNC1)c1nccc(OC(C)C)n1. The fourth-order valence-corrected chi connectivity index (χ4v) is 2.73. The highest BCUT2D eigenvalue weighted by molar-refractivity contribution is 5.32. The van der Waals surface area contributed by atoms with Crippen molar-refractivity contribution in [2.45, 2.75) is 46.1 Å². The summed E-state index contributed by atoms with van der Waals surface area (Å²) in [6.45, 7) is 10.5. The van der Waals surface area contributed by atoms with Crippen LogP contribution < -0.4 is 15.0 Å². The zero-order valence-corrected chi connectivity index (χ0v) is 13.5. The monoisotopic (exact) mass is 292 g/mol. The first-order valence-corrected chi connectivity index (χ1v) is 8.14. The molecule has 0 aliphatic carbocycles. The average Bonchev–Trinajstić information content (AvgIpc) is 2.47. The molecule has 118 valence electrons. The van der Waals surface area contributed by atoms with Gasteiger partial charge in [0, 0.05) is 25.4 Å². The van der Waals surface area contributed by atoms with Gasteiger partial charge in [-0.2, -0.15) is 4.98 Å². The van der Waals surface area contributed by atoms with Gasteiger partial charge in [0.05, 0.1) is 6.10 Å². The maximum atomic E-state index is 5.68. The number of aromatic nitrogens is 2. The molecule has 1 aromatic heterocycles. The Bertz CT molecular complexity index is 418. The molecule has 1 fully saturated rings. The first-order chi connectivity index (χ1) is 10.2. The molecule has 1 aliphatic rings. The lowest BCUT2D eigenvalue weighted by molar-refractivity contribution is 0.232. The van der Waals surface area contributed by atoms with Crippen molar-refractivity contribution in [3.8, 4) is 5.88 Å². The fraction of sp³-hybridized carbons (Fsp3) is 0.750. The lowest BCUT2D eigenvalue weighted by atomic mass is 9.99. The third-order valence-corrected chi connectivity index (χ3v) is 3.63. The highest BCUT2D eigenvalue weighted by Crippen LogP contribution is 2.18. The van der Waals surface area contributed by atoms with Gasteiger partial charge < -0.3 is 15.0 Å². The number of piperidine rings is 1. The molecular formula is C16H28N4O. The number of hydrogen-bond acceptors (Lipinski definition) is 5. The van der Waals surface area contributed by atoms with E-state index in [2.05, 4.69) is 27.1 Å². The third kappa shape index (κ3) is 5.16. The summed E-state index contributed by atoms with van der Waals surface area (Å²) in [7, 11) is 0. The predicted octanol–water partition coefficient (Wildman–Crippen LogP) is 2.48. The molecule has 1 atom stereocenters. The summed E-state index contributed by atoms with van der Waals surface area (Å²) in [5, 5.41) is 3.48. The minimum absolute atomic E-state index is 0.134. The quantitative estimate of drug-likeness (QED) is 0.836. The van der Waals surface area contributed by atoms with Crippen LogP contribution in [0.5, 0.6) is 5.88 Å². The summed E-state index contributed by atoms with van der Waals surface area (Å²) in [5.41, 5.74) is 0. The van der Waals surface area contributed by atoms with Crippen molar-refractivity contribution in [3.63, 3.8) is 0 Å². The topological polar surface area (TPSA) is 50.3 Å². The van der Waals surface area contributed by atoms with Crippen LogP contribution in [-0.2, 0) is 0 Å². The number of hydrogen-bond donors (Lipinski definition) is 1. The van der Waals surface area contributed by atoms with Crippen molar-refractivity contribution < 1.29 is 4.74 Å². The molecule has 1 aromatic rings. The van der Waals surface area contributed by atoms with Gasteiger partial charge in [0.2, 0.25) is 11.8 Å². The zero-order valence-electron chi connectivity index (χ0n) is 13.5. The van der Waals surface area contributed by atoms with Gasteiger partial charge in [0.15, 0.2) is 0 Å². The van der Waals surface area contributed by atoms with E-state index in [0.717, 1.165) is 38.5 Å². The van der Waals surface area contributed by atoms with Gasteiger partial charge in [-0.05, 0) is 52.1 Å². The Morgan fingerprint density at radius 2 is 2.33 bits per heavy atom. The normalized spacial score (nSPS) is 18.8. The van der Waals surface area contributed by atoms with E-state index in [9.17, 15) is 0 Å². The number of nitrogens with one attached hydrogen (secondary N) is 1. The van der Waals surface area contributed by atoms with E-state index in [1.807, 2.05) is 19.9 Å². The molecule has 2 rings (SSSR count). The molecule has 0 spiro atoms. The summed E-state index contributed by atoms with van der Waals surface area (Å²) < 4.78 is 5.68. The summed E-state index contributed by atoms with van der Waals surface area (Å²) in [6.07, 6.45) is 5.58. The third-order valence-electron chi connectivity index (χ3n) is 3.63. The molecule has 5 nitrogen and oxygen atoms in total. The molecule has 1 N–H and O–H groups in total. The van der Waals surface area contributed by atoms with E-state index in [-0.39, 0.29) is 6.10 Å². The lowest BCUT2D eigenvalue weighted by Gasteiger charge is -2.30. The molecule has 0 bridgehead atoms. The van der Waals surface area contributed by atoms with Crippen LogP contribution in [0.4, 0.5) is 5.95 Å². The molecular weight excluding hydrogens is 264 g/mol. The standard InChI is InChI=1S/C16H28N4O/c1-4-10-20(12-14-6-5-8-17-11-14)16-18-9-7-15(19-16)21-13(2)3/h7,9,13-14,17H,4-6,8,10-12H2,1-3H3. The highest BCUT2D eigenvalue weighted by Gasteiger charge is 2.19. The Morgan fingerprint density at radius 3 is 3.00 bits per heavy atom. The van der Waals surface area contributed by atoms with Crippen LogP contribution >= 0.6 is 0 Å². The number of nitrogens with zero attached hydrogens (tertiary/aromatic N) is 3. The smallest absolute Gasteiger partial charge is 0.228 e. The van der Waals surface area contributed by atoms with E-state index in [1.54, 1.807) is 6.20 Å². The first-order valence-electron chi connectivity index (χ1n) is 8.14. The van der Waals surface area contributed by atoms with Crippen LogP contribution in [0.1, 0.15) is 40.0 Å². The second-order valence-corrected chi connectivity index (χ2v) is 6.02. The van der Waals surface area contributed by atoms with Gasteiger partial charge in [0.1, 0.15) is 0 Å². The van der Waals surface area contributed by atoms with Crippen LogP contribution in [0.3, 0.4) is 0 Å². The average molecular weight is 292 g/mol. The lowest BCUT2D eigenvalue weighted by Crippen LogP contribution is -2.39. The van der Waals surface area contributed by atoms with Gasteiger partial charge in [-0.15, -0.1) is 0 Å². The zero-order chi connectivity index (χ0) is 15.1. The molecule has 0 amide bonds. The van der Waals surface area contributed by atoms with E-state index in [0.29, 0.717) is 11.8 Å². The fourth-order valence-electron chi connectivity index (χ4n) is 2.73. The summed E-state index contributed by atoms with van der Waals surface area (Å²) >= 11 is 0. The molecule has 5 heteroatoms. The number of anilines is 1. The Balaban J connectivity index is 2.05. The number of rotatable bonds is 7. The van der Waals surface area contributed by atoms with E-state index >= 15 is 0 Å². The molecule has 1 saturated heterocycles. The van der Waals surface area contributed by atoms with Crippen LogP contribution in [0.15, 0.2) is 12.3 Å². The van der Waals surface area contributed by atoms with Gasteiger partial charge >= 0.3 is 0 Å². The molecule has 0 aromatic carbocycles. The van der Waals surface area contributed by atoms with Crippen molar-refractivity contribution in [2.75, 3.05) is 31.1 Å². The Hall–Kier alpha value is -1.36.